The second-order valence-electron chi connectivity index (χ2n) is 15.9. The molecule has 0 spiro atoms. The monoisotopic (exact) mass is 898 g/mol. The van der Waals surface area contributed by atoms with E-state index < -0.39 is 94.5 Å². The van der Waals surface area contributed by atoms with E-state index in [1.807, 2.05) is 0 Å². The minimum atomic E-state index is -2.10. The summed E-state index contributed by atoms with van der Waals surface area (Å²) in [5.41, 5.74) is -0.320. The van der Waals surface area contributed by atoms with Crippen LogP contribution in [0.25, 0.3) is 10.8 Å². The maximum Gasteiger partial charge on any atom is 0.312 e. The standard InChI is InChI=1S/C45H52Cl2N2O13/c1-20-11-10-12-21(2)44(57)49-35-29(18-48-60-19-27-13-14-28(46)17-30(27)47)39(54)32-33(40(35)55)38(53)25(6)42-34(32)43(56)45(8,62-42)59-16-15-31(58-9)22(3)41(61-26(7)50)24(5)37(52)23(4)36(20)51/h10-18,20,22-24,31,36-37,41,51-55H,19H2,1-9H3,(H,49,57)/b11-10+,16-15+,21-12+,48-18-. The second kappa shape index (κ2) is 19.4. The number of amides is 1. The summed E-state index contributed by atoms with van der Waals surface area (Å²) in [6.45, 7) is 12.2. The smallest absolute Gasteiger partial charge is 0.312 e. The van der Waals surface area contributed by atoms with E-state index in [2.05, 4.69) is 10.5 Å². The van der Waals surface area contributed by atoms with Crippen molar-refractivity contribution in [2.24, 2.45) is 28.8 Å². The van der Waals surface area contributed by atoms with Crippen LogP contribution in [0.15, 0.2) is 59.5 Å². The van der Waals surface area contributed by atoms with Crippen LogP contribution >= 0.6 is 23.2 Å². The number of benzene rings is 3. The summed E-state index contributed by atoms with van der Waals surface area (Å²) < 4.78 is 23.5. The number of nitrogens with one attached hydrogen (secondary N) is 1. The van der Waals surface area contributed by atoms with Gasteiger partial charge in [0, 0.05) is 76.8 Å². The zero-order valence-electron chi connectivity index (χ0n) is 35.7. The van der Waals surface area contributed by atoms with Crippen molar-refractivity contribution in [2.45, 2.75) is 92.2 Å². The molecular weight excluding hydrogens is 847 g/mol. The molecular formula is C45H52Cl2N2O13. The lowest BCUT2D eigenvalue weighted by molar-refractivity contribution is -0.160. The van der Waals surface area contributed by atoms with Gasteiger partial charge in [0.1, 0.15) is 30.0 Å². The van der Waals surface area contributed by atoms with Gasteiger partial charge < -0.3 is 54.6 Å². The third-order valence-electron chi connectivity index (χ3n) is 11.5. The summed E-state index contributed by atoms with van der Waals surface area (Å²) in [5.74, 6) is -9.00. The lowest BCUT2D eigenvalue weighted by Crippen LogP contribution is -2.46. The molecule has 62 heavy (non-hydrogen) atoms. The predicted molar refractivity (Wildman–Crippen MR) is 233 cm³/mol. The first-order valence-corrected chi connectivity index (χ1v) is 20.6. The zero-order valence-corrected chi connectivity index (χ0v) is 37.2. The van der Waals surface area contributed by atoms with E-state index in [4.69, 9.17) is 47.0 Å². The first-order chi connectivity index (χ1) is 29.1. The highest BCUT2D eigenvalue weighted by atomic mass is 35.5. The number of Topliss-reactive ketones (excluding diaryl/α,β-unsaturated/α-hetero) is 1. The SMILES string of the molecule is COC1/C=C/OC2(C)Oc3c(C)c(O)c4c(O)c(c(/C=N\OCc5ccc(Cl)cc5Cl)c(O)c4c3C2=O)NC(=O)/C(C)=C/C=C/C(C)C(O)C(C)C(O)C(C)C(OC(C)=O)C1C. The molecule has 334 valence electrons. The van der Waals surface area contributed by atoms with Crippen molar-refractivity contribution in [3.63, 3.8) is 0 Å². The molecule has 6 N–H and O–H groups in total. The third kappa shape index (κ3) is 9.52. The lowest BCUT2D eigenvalue weighted by atomic mass is 9.78. The summed E-state index contributed by atoms with van der Waals surface area (Å²) in [6, 6.07) is 4.74. The van der Waals surface area contributed by atoms with Crippen LogP contribution in [0.2, 0.25) is 10.0 Å². The van der Waals surface area contributed by atoms with Crippen molar-refractivity contribution < 1.29 is 63.7 Å². The fraction of sp³-hybridized carbons (Fsp3) is 0.422. The second-order valence-corrected chi connectivity index (χ2v) is 16.7. The number of rotatable bonds is 6. The summed E-state index contributed by atoms with van der Waals surface area (Å²) >= 11 is 12.3. The number of aliphatic hydroxyl groups is 2. The van der Waals surface area contributed by atoms with Crippen LogP contribution in [0.5, 0.6) is 23.0 Å². The number of fused-ring (bicyclic) bond motifs is 14. The van der Waals surface area contributed by atoms with Crippen LogP contribution in [-0.2, 0) is 35.2 Å². The van der Waals surface area contributed by atoms with Gasteiger partial charge in [-0.25, -0.2) is 0 Å². The molecule has 0 aliphatic carbocycles. The van der Waals surface area contributed by atoms with Gasteiger partial charge in [-0.15, -0.1) is 0 Å². The molecule has 3 aromatic carbocycles. The van der Waals surface area contributed by atoms with Crippen LogP contribution < -0.4 is 10.1 Å². The Hall–Kier alpha value is -5.32. The topological polar surface area (TPSA) is 223 Å². The number of esters is 1. The zero-order chi connectivity index (χ0) is 46.0. The Balaban J connectivity index is 1.69. The van der Waals surface area contributed by atoms with Gasteiger partial charge in [0.05, 0.1) is 53.0 Å². The van der Waals surface area contributed by atoms with Gasteiger partial charge in [-0.1, -0.05) is 80.3 Å². The number of ether oxygens (including phenoxy) is 4. The molecule has 17 heteroatoms. The number of carbonyl (C=O) groups is 3. The van der Waals surface area contributed by atoms with Crippen LogP contribution in [-0.4, -0.2) is 86.7 Å². The van der Waals surface area contributed by atoms with Gasteiger partial charge in [0.15, 0.2) is 5.75 Å². The van der Waals surface area contributed by atoms with Crippen molar-refractivity contribution in [2.75, 3.05) is 12.4 Å². The Morgan fingerprint density at radius 3 is 2.31 bits per heavy atom. The number of hydrogen-bond donors (Lipinski definition) is 6. The van der Waals surface area contributed by atoms with E-state index in [-0.39, 0.29) is 45.4 Å². The van der Waals surface area contributed by atoms with Crippen LogP contribution in [0.4, 0.5) is 5.69 Å². The molecule has 3 aliphatic heterocycles. The van der Waals surface area contributed by atoms with E-state index in [1.165, 1.54) is 59.3 Å². The largest absolute Gasteiger partial charge is 0.507 e. The number of allylic oxidation sites excluding steroid dienone is 2. The molecule has 5 bridgehead atoms. The van der Waals surface area contributed by atoms with Crippen molar-refractivity contribution in [3.8, 4) is 23.0 Å². The molecule has 3 aromatic rings. The molecule has 0 fully saturated rings. The Bertz CT molecular complexity index is 2360. The molecule has 0 saturated heterocycles. The number of methoxy groups -OCH3 is 1. The minimum absolute atomic E-state index is 0.00570. The van der Waals surface area contributed by atoms with Crippen molar-refractivity contribution in [1.29, 1.82) is 0 Å². The van der Waals surface area contributed by atoms with Crippen LogP contribution in [0, 0.1) is 30.6 Å². The predicted octanol–water partition coefficient (Wildman–Crippen LogP) is 7.61. The van der Waals surface area contributed by atoms with E-state index in [9.17, 15) is 39.9 Å². The Kier molecular flexibility index (Phi) is 14.9. The fourth-order valence-corrected chi connectivity index (χ4v) is 8.17. The molecule has 3 aliphatic rings. The molecule has 6 rings (SSSR count). The molecule has 9 atom stereocenters. The average Bonchev–Trinajstić information content (AvgIpc) is 3.49. The maximum atomic E-state index is 14.4. The highest BCUT2D eigenvalue weighted by molar-refractivity contribution is 6.35. The van der Waals surface area contributed by atoms with Crippen molar-refractivity contribution in [1.82, 2.24) is 0 Å². The van der Waals surface area contributed by atoms with Gasteiger partial charge in [0.25, 0.3) is 11.7 Å². The Labute approximate surface area is 369 Å². The first-order valence-electron chi connectivity index (χ1n) is 19.8. The fourth-order valence-electron chi connectivity index (χ4n) is 7.71. The van der Waals surface area contributed by atoms with Gasteiger partial charge in [-0.3, -0.25) is 14.4 Å². The van der Waals surface area contributed by atoms with Gasteiger partial charge in [-0.05, 0) is 32.1 Å². The molecule has 0 aromatic heterocycles. The van der Waals surface area contributed by atoms with Crippen LogP contribution in [0.1, 0.15) is 75.5 Å². The van der Waals surface area contributed by atoms with E-state index in [0.717, 1.165) is 6.21 Å². The van der Waals surface area contributed by atoms with Gasteiger partial charge in [0.2, 0.25) is 0 Å². The van der Waals surface area contributed by atoms with Gasteiger partial charge >= 0.3 is 11.8 Å². The van der Waals surface area contributed by atoms with Crippen LogP contribution in [0.3, 0.4) is 0 Å². The highest BCUT2D eigenvalue weighted by Crippen LogP contribution is 2.55. The van der Waals surface area contributed by atoms with Crippen molar-refractivity contribution >= 4 is 63.5 Å². The number of anilines is 1. The number of nitrogens with zero attached hydrogens (tertiary/aromatic N) is 1. The number of carbonyl (C=O) groups excluding carboxylic acids is 3. The summed E-state index contributed by atoms with van der Waals surface area (Å²) in [7, 11) is 1.42. The number of halogens is 2. The van der Waals surface area contributed by atoms with E-state index in [1.54, 1.807) is 52.0 Å². The lowest BCUT2D eigenvalue weighted by Gasteiger charge is -2.38. The number of oxime groups is 1. The summed E-state index contributed by atoms with van der Waals surface area (Å²) in [4.78, 5) is 46.0. The first kappa shape index (κ1) is 47.7. The number of aliphatic hydroxyl groups excluding tert-OH is 2. The molecule has 1 amide bonds. The number of ketones is 1. The molecule has 15 nitrogen and oxygen atoms in total. The molecule has 3 heterocycles. The molecule has 0 saturated carbocycles. The maximum absolute atomic E-state index is 14.4. The third-order valence-corrected chi connectivity index (χ3v) is 12.1. The average molecular weight is 900 g/mol. The summed E-state index contributed by atoms with van der Waals surface area (Å²) in [6.07, 6.45) is 4.29. The molecule has 0 radical (unpaired) electrons. The quantitative estimate of drug-likeness (QED) is 0.0462. The normalized spacial score (nSPS) is 29.1. The number of hydrogen-bond acceptors (Lipinski definition) is 14. The number of phenols is 3. The van der Waals surface area contributed by atoms with E-state index >= 15 is 0 Å². The summed E-state index contributed by atoms with van der Waals surface area (Å²) in [5, 5.41) is 64.9. The molecule has 9 unspecified atom stereocenters. The number of aromatic hydroxyl groups is 3. The number of phenolic OH excluding ortho intramolecular Hbond substituents is 3. The van der Waals surface area contributed by atoms with Gasteiger partial charge in [-0.2, -0.15) is 0 Å². The van der Waals surface area contributed by atoms with Crippen molar-refractivity contribution in [3.05, 3.63) is 86.6 Å². The Morgan fingerprint density at radius 1 is 0.968 bits per heavy atom. The Morgan fingerprint density at radius 2 is 1.66 bits per heavy atom. The van der Waals surface area contributed by atoms with E-state index in [0.29, 0.717) is 15.6 Å². The highest BCUT2D eigenvalue weighted by Gasteiger charge is 2.50. The minimum Gasteiger partial charge on any atom is -0.507 e.